The topological polar surface area (TPSA) is 136 Å². The van der Waals surface area contributed by atoms with Crippen molar-refractivity contribution in [3.8, 4) is 11.3 Å². The van der Waals surface area contributed by atoms with Gasteiger partial charge in [0.25, 0.3) is 10.0 Å². The van der Waals surface area contributed by atoms with E-state index in [2.05, 4.69) is 20.7 Å². The lowest BCUT2D eigenvalue weighted by atomic mass is 10.1. The van der Waals surface area contributed by atoms with Crippen LogP contribution in [0.4, 0.5) is 22.1 Å². The SMILES string of the molecule is CC(C)(C)OC(=O)N(CC=O)Nc1cccc(Nc2ncc(Cl)c(-c3cn(S(=O)(=O)c4ccccc4)c4ccccc34)n2)c1. The maximum atomic E-state index is 13.6. The van der Waals surface area contributed by atoms with Crippen LogP contribution in [-0.4, -0.2) is 51.9 Å². The first-order valence-corrected chi connectivity index (χ1v) is 15.3. The number of aldehydes is 1. The predicted octanol–water partition coefficient (Wildman–Crippen LogP) is 6.50. The summed E-state index contributed by atoms with van der Waals surface area (Å²) in [6.07, 6.45) is 2.82. The van der Waals surface area contributed by atoms with Crippen molar-refractivity contribution >= 4 is 62.2 Å². The van der Waals surface area contributed by atoms with Gasteiger partial charge in [0.2, 0.25) is 5.95 Å². The molecule has 0 aliphatic heterocycles. The summed E-state index contributed by atoms with van der Waals surface area (Å²) in [6.45, 7) is 4.96. The van der Waals surface area contributed by atoms with Gasteiger partial charge in [0, 0.05) is 22.8 Å². The van der Waals surface area contributed by atoms with Crippen molar-refractivity contribution in [1.29, 1.82) is 0 Å². The van der Waals surface area contributed by atoms with E-state index < -0.39 is 21.7 Å². The standard InChI is InChI=1S/C31H29ClN6O5S/c1-31(2,3)43-30(40)37(16-17-39)36-22-11-9-10-21(18-22)34-29-33-19-26(32)28(35-29)25-20-38(27-15-8-7-14-24(25)27)44(41,42)23-12-5-4-6-13-23/h4-15,17-20,36H,16H2,1-3H3,(H,33,34,35). The average Bonchev–Trinajstić information content (AvgIpc) is 3.38. The van der Waals surface area contributed by atoms with Gasteiger partial charge in [-0.2, -0.15) is 0 Å². The molecule has 44 heavy (non-hydrogen) atoms. The second-order valence-electron chi connectivity index (χ2n) is 10.6. The molecule has 2 aromatic heterocycles. The Hall–Kier alpha value is -4.94. The number of carbonyl (C=O) groups excluding carboxylic acids is 2. The Labute approximate surface area is 259 Å². The second-order valence-corrected chi connectivity index (χ2v) is 12.9. The van der Waals surface area contributed by atoms with Gasteiger partial charge in [-0.1, -0.05) is 54.1 Å². The van der Waals surface area contributed by atoms with Crippen LogP contribution in [0.2, 0.25) is 5.02 Å². The van der Waals surface area contributed by atoms with Crippen LogP contribution < -0.4 is 10.7 Å². The third-order valence-corrected chi connectivity index (χ3v) is 8.20. The van der Waals surface area contributed by atoms with Crippen molar-refractivity contribution in [2.45, 2.75) is 31.3 Å². The minimum Gasteiger partial charge on any atom is -0.442 e. The Kier molecular flexibility index (Phi) is 8.56. The zero-order valence-corrected chi connectivity index (χ0v) is 25.6. The predicted molar refractivity (Wildman–Crippen MR) is 169 cm³/mol. The number of benzene rings is 3. The Balaban J connectivity index is 1.46. The number of carbonyl (C=O) groups is 2. The minimum absolute atomic E-state index is 0.148. The summed E-state index contributed by atoms with van der Waals surface area (Å²) < 4.78 is 33.7. The van der Waals surface area contributed by atoms with Crippen LogP contribution in [0.25, 0.3) is 22.2 Å². The molecule has 0 spiro atoms. The van der Waals surface area contributed by atoms with E-state index in [1.807, 2.05) is 6.07 Å². The highest BCUT2D eigenvalue weighted by Crippen LogP contribution is 2.36. The maximum absolute atomic E-state index is 13.6. The summed E-state index contributed by atoms with van der Waals surface area (Å²) in [6, 6.07) is 22.2. The molecule has 0 aliphatic rings. The molecule has 0 aliphatic carbocycles. The molecule has 13 heteroatoms. The number of ether oxygens (including phenoxy) is 1. The second kappa shape index (κ2) is 12.3. The summed E-state index contributed by atoms with van der Waals surface area (Å²) in [5, 5.41) is 5.05. The van der Waals surface area contributed by atoms with E-state index in [-0.39, 0.29) is 22.4 Å². The molecule has 2 heterocycles. The van der Waals surface area contributed by atoms with Crippen LogP contribution in [0.5, 0.6) is 0 Å². The molecular weight excluding hydrogens is 604 g/mol. The molecule has 5 aromatic rings. The Bertz CT molecular complexity index is 1940. The van der Waals surface area contributed by atoms with Gasteiger partial charge in [0.15, 0.2) is 0 Å². The quantitative estimate of drug-likeness (QED) is 0.138. The number of halogens is 1. The van der Waals surface area contributed by atoms with E-state index in [9.17, 15) is 18.0 Å². The lowest BCUT2D eigenvalue weighted by molar-refractivity contribution is -0.108. The molecular formula is C31H29ClN6O5S. The summed E-state index contributed by atoms with van der Waals surface area (Å²) in [4.78, 5) is 32.9. The van der Waals surface area contributed by atoms with Crippen molar-refractivity contribution in [2.75, 3.05) is 17.3 Å². The highest BCUT2D eigenvalue weighted by Gasteiger charge is 2.24. The number of rotatable bonds is 9. The first-order valence-electron chi connectivity index (χ1n) is 13.5. The number of hydrogen-bond acceptors (Lipinski definition) is 9. The monoisotopic (exact) mass is 632 g/mol. The number of nitrogens with zero attached hydrogens (tertiary/aromatic N) is 4. The van der Waals surface area contributed by atoms with Gasteiger partial charge < -0.3 is 14.8 Å². The number of para-hydroxylation sites is 1. The molecule has 0 radical (unpaired) electrons. The smallest absolute Gasteiger partial charge is 0.429 e. The van der Waals surface area contributed by atoms with Crippen LogP contribution in [0.1, 0.15) is 20.8 Å². The molecule has 1 amide bonds. The van der Waals surface area contributed by atoms with Crippen LogP contribution >= 0.6 is 11.6 Å². The molecule has 11 nitrogen and oxygen atoms in total. The zero-order chi connectivity index (χ0) is 31.5. The number of nitrogens with one attached hydrogen (secondary N) is 2. The molecule has 5 rings (SSSR count). The number of amides is 1. The number of aromatic nitrogens is 3. The Morgan fingerprint density at radius 3 is 2.45 bits per heavy atom. The van der Waals surface area contributed by atoms with E-state index in [4.69, 9.17) is 16.3 Å². The highest BCUT2D eigenvalue weighted by molar-refractivity contribution is 7.90. The first-order chi connectivity index (χ1) is 21.0. The molecule has 0 fully saturated rings. The van der Waals surface area contributed by atoms with Crippen molar-refractivity contribution < 1.29 is 22.7 Å². The van der Waals surface area contributed by atoms with Gasteiger partial charge in [0.05, 0.1) is 33.0 Å². The molecule has 3 aromatic carbocycles. The number of anilines is 3. The summed E-state index contributed by atoms with van der Waals surface area (Å²) in [5.41, 5.74) is 4.51. The normalized spacial score (nSPS) is 11.6. The van der Waals surface area contributed by atoms with Crippen LogP contribution in [0.3, 0.4) is 0 Å². The number of hydrazine groups is 1. The van der Waals surface area contributed by atoms with Gasteiger partial charge in [-0.05, 0) is 57.2 Å². The lowest BCUT2D eigenvalue weighted by Gasteiger charge is -2.27. The van der Waals surface area contributed by atoms with Crippen LogP contribution in [0, 0.1) is 0 Å². The van der Waals surface area contributed by atoms with E-state index in [0.717, 1.165) is 5.01 Å². The van der Waals surface area contributed by atoms with Gasteiger partial charge >= 0.3 is 6.09 Å². The first kappa shape index (κ1) is 30.5. The summed E-state index contributed by atoms with van der Waals surface area (Å²) >= 11 is 6.56. The van der Waals surface area contributed by atoms with E-state index >= 15 is 0 Å². The lowest BCUT2D eigenvalue weighted by Crippen LogP contribution is -2.41. The fraction of sp³-hybridized carbons (Fsp3) is 0.161. The van der Waals surface area contributed by atoms with Crippen LogP contribution in [-0.2, 0) is 19.6 Å². The molecule has 226 valence electrons. The Morgan fingerprint density at radius 1 is 1.02 bits per heavy atom. The number of fused-ring (bicyclic) bond motifs is 1. The van der Waals surface area contributed by atoms with Gasteiger partial charge in [0.1, 0.15) is 18.4 Å². The summed E-state index contributed by atoms with van der Waals surface area (Å²) in [5.74, 6) is 0.196. The molecule has 0 saturated heterocycles. The average molecular weight is 633 g/mol. The van der Waals surface area contributed by atoms with Gasteiger partial charge in [-0.25, -0.2) is 32.2 Å². The summed E-state index contributed by atoms with van der Waals surface area (Å²) in [7, 11) is -3.91. The third kappa shape index (κ3) is 6.66. The molecule has 0 bridgehead atoms. The van der Waals surface area contributed by atoms with Crippen molar-refractivity contribution in [3.63, 3.8) is 0 Å². The van der Waals surface area contributed by atoms with E-state index in [1.165, 1.54) is 28.5 Å². The third-order valence-electron chi connectivity index (χ3n) is 6.23. The van der Waals surface area contributed by atoms with Crippen molar-refractivity contribution in [3.05, 3.63) is 96.3 Å². The van der Waals surface area contributed by atoms with E-state index in [0.29, 0.717) is 39.8 Å². The highest BCUT2D eigenvalue weighted by atomic mass is 35.5. The fourth-order valence-corrected chi connectivity index (χ4v) is 5.95. The van der Waals surface area contributed by atoms with Gasteiger partial charge in [-0.3, -0.25) is 5.43 Å². The fourth-order valence-electron chi connectivity index (χ4n) is 4.37. The van der Waals surface area contributed by atoms with Crippen LogP contribution in [0.15, 0.2) is 96.2 Å². The minimum atomic E-state index is -3.91. The van der Waals surface area contributed by atoms with Gasteiger partial charge in [-0.15, -0.1) is 0 Å². The molecule has 0 unspecified atom stereocenters. The maximum Gasteiger partial charge on any atom is 0.429 e. The number of hydrogen-bond donors (Lipinski definition) is 2. The van der Waals surface area contributed by atoms with E-state index in [1.54, 1.807) is 81.4 Å². The largest absolute Gasteiger partial charge is 0.442 e. The zero-order valence-electron chi connectivity index (χ0n) is 24.1. The molecule has 2 N–H and O–H groups in total. The Morgan fingerprint density at radius 2 is 1.73 bits per heavy atom. The van der Waals surface area contributed by atoms with Crippen molar-refractivity contribution in [2.24, 2.45) is 0 Å². The molecule has 0 atom stereocenters. The molecule has 0 saturated carbocycles. The van der Waals surface area contributed by atoms with Crippen molar-refractivity contribution in [1.82, 2.24) is 18.9 Å².